The standard InChI is InChI=1S/C15H13BrFN5O/c1-19-6-8-2-3-9(10(17)4-8)11-5-12(23-22-11)14-15(18)20-7-13(16)21-14/h2-5,7,19H,6H2,1H3,(H2,18,20). The Labute approximate surface area is 140 Å². The molecule has 2 aromatic heterocycles. The molecule has 8 heteroatoms. The van der Waals surface area contributed by atoms with Crippen molar-refractivity contribution in [3.63, 3.8) is 0 Å². The first-order valence-electron chi connectivity index (χ1n) is 6.77. The summed E-state index contributed by atoms with van der Waals surface area (Å²) in [7, 11) is 1.80. The smallest absolute Gasteiger partial charge is 0.189 e. The molecule has 0 aliphatic carbocycles. The number of hydrogen-bond donors (Lipinski definition) is 2. The third kappa shape index (κ3) is 3.22. The Balaban J connectivity index is 1.97. The normalized spacial score (nSPS) is 10.9. The highest BCUT2D eigenvalue weighted by molar-refractivity contribution is 9.10. The van der Waals surface area contributed by atoms with Crippen molar-refractivity contribution in [3.8, 4) is 22.7 Å². The van der Waals surface area contributed by atoms with Gasteiger partial charge in [-0.2, -0.15) is 0 Å². The number of rotatable bonds is 4. The maximum atomic E-state index is 14.2. The number of halogens is 2. The molecule has 0 amide bonds. The van der Waals surface area contributed by atoms with Crippen LogP contribution in [0, 0.1) is 5.82 Å². The molecule has 0 radical (unpaired) electrons. The van der Waals surface area contributed by atoms with Crippen molar-refractivity contribution < 1.29 is 8.91 Å². The Morgan fingerprint density at radius 2 is 2.17 bits per heavy atom. The Kier molecular flexibility index (Phi) is 4.35. The van der Waals surface area contributed by atoms with Crippen LogP contribution in [0.2, 0.25) is 0 Å². The quantitative estimate of drug-likeness (QED) is 0.726. The van der Waals surface area contributed by atoms with E-state index in [9.17, 15) is 4.39 Å². The summed E-state index contributed by atoms with van der Waals surface area (Å²) in [6.45, 7) is 0.589. The molecule has 0 saturated carbocycles. The number of benzene rings is 1. The van der Waals surface area contributed by atoms with Crippen molar-refractivity contribution in [3.05, 3.63) is 46.4 Å². The molecular formula is C15H13BrFN5O. The molecule has 6 nitrogen and oxygen atoms in total. The first-order valence-corrected chi connectivity index (χ1v) is 7.56. The van der Waals surface area contributed by atoms with Crippen LogP contribution in [-0.2, 0) is 6.54 Å². The Hall–Kier alpha value is -2.32. The van der Waals surface area contributed by atoms with Gasteiger partial charge in [0.1, 0.15) is 16.1 Å². The molecule has 1 aromatic carbocycles. The lowest BCUT2D eigenvalue weighted by Crippen LogP contribution is -2.05. The zero-order valence-corrected chi connectivity index (χ0v) is 13.8. The van der Waals surface area contributed by atoms with Crippen molar-refractivity contribution in [1.82, 2.24) is 20.4 Å². The van der Waals surface area contributed by atoms with Crippen molar-refractivity contribution in [2.75, 3.05) is 12.8 Å². The molecule has 3 aromatic rings. The van der Waals surface area contributed by atoms with Crippen LogP contribution in [-0.4, -0.2) is 22.2 Å². The van der Waals surface area contributed by atoms with E-state index in [1.165, 1.54) is 12.3 Å². The zero-order chi connectivity index (χ0) is 16.4. The van der Waals surface area contributed by atoms with Crippen LogP contribution in [0.5, 0.6) is 0 Å². The van der Waals surface area contributed by atoms with Gasteiger partial charge in [0.15, 0.2) is 17.3 Å². The van der Waals surface area contributed by atoms with E-state index in [1.807, 2.05) is 6.07 Å². The molecule has 3 rings (SSSR count). The number of nitrogens with zero attached hydrogens (tertiary/aromatic N) is 3. The molecule has 0 saturated heterocycles. The summed E-state index contributed by atoms with van der Waals surface area (Å²) in [5.74, 6) is 0.164. The molecule has 0 aliphatic heterocycles. The molecule has 0 atom stereocenters. The van der Waals surface area contributed by atoms with E-state index in [1.54, 1.807) is 19.2 Å². The van der Waals surface area contributed by atoms with Crippen LogP contribution >= 0.6 is 15.9 Å². The maximum Gasteiger partial charge on any atom is 0.189 e. The molecule has 0 unspecified atom stereocenters. The lowest BCUT2D eigenvalue weighted by atomic mass is 10.1. The second kappa shape index (κ2) is 6.43. The molecule has 0 aliphatic rings. The van der Waals surface area contributed by atoms with E-state index in [0.717, 1.165) is 5.56 Å². The predicted molar refractivity (Wildman–Crippen MR) is 87.8 cm³/mol. The summed E-state index contributed by atoms with van der Waals surface area (Å²) < 4.78 is 20.0. The molecular weight excluding hydrogens is 365 g/mol. The molecule has 118 valence electrons. The van der Waals surface area contributed by atoms with Gasteiger partial charge >= 0.3 is 0 Å². The van der Waals surface area contributed by atoms with Gasteiger partial charge in [-0.25, -0.2) is 14.4 Å². The monoisotopic (exact) mass is 377 g/mol. The average molecular weight is 378 g/mol. The summed E-state index contributed by atoms with van der Waals surface area (Å²) in [5, 5.41) is 6.87. The predicted octanol–water partition coefficient (Wildman–Crippen LogP) is 3.00. The topological polar surface area (TPSA) is 89.9 Å². The van der Waals surface area contributed by atoms with Crippen LogP contribution in [0.15, 0.2) is 39.6 Å². The van der Waals surface area contributed by atoms with Gasteiger partial charge in [-0.3, -0.25) is 0 Å². The van der Waals surface area contributed by atoms with Crippen LogP contribution < -0.4 is 11.1 Å². The van der Waals surface area contributed by atoms with Gasteiger partial charge in [-0.15, -0.1) is 0 Å². The van der Waals surface area contributed by atoms with Gasteiger partial charge in [0.05, 0.1) is 6.20 Å². The van der Waals surface area contributed by atoms with Crippen molar-refractivity contribution >= 4 is 21.7 Å². The van der Waals surface area contributed by atoms with Gasteiger partial charge in [0.2, 0.25) is 0 Å². The Morgan fingerprint density at radius 3 is 2.91 bits per heavy atom. The van der Waals surface area contributed by atoms with Gasteiger partial charge in [0, 0.05) is 18.2 Å². The number of nitrogen functional groups attached to an aromatic ring is 1. The van der Waals surface area contributed by atoms with Crippen molar-refractivity contribution in [2.24, 2.45) is 0 Å². The molecule has 0 bridgehead atoms. The molecule has 3 N–H and O–H groups in total. The lowest BCUT2D eigenvalue weighted by Gasteiger charge is -2.03. The van der Waals surface area contributed by atoms with E-state index >= 15 is 0 Å². The first kappa shape index (κ1) is 15.6. The third-order valence-electron chi connectivity index (χ3n) is 3.21. The van der Waals surface area contributed by atoms with Crippen LogP contribution in [0.25, 0.3) is 22.7 Å². The fraction of sp³-hybridized carbons (Fsp3) is 0.133. The number of nitrogens with one attached hydrogen (secondary N) is 1. The van der Waals surface area contributed by atoms with E-state index < -0.39 is 0 Å². The summed E-state index contributed by atoms with van der Waals surface area (Å²) >= 11 is 3.22. The second-order valence-electron chi connectivity index (χ2n) is 4.85. The van der Waals surface area contributed by atoms with Gasteiger partial charge in [-0.05, 0) is 40.7 Å². The Bertz CT molecular complexity index is 852. The first-order chi connectivity index (χ1) is 11.1. The van der Waals surface area contributed by atoms with Crippen molar-refractivity contribution in [1.29, 1.82) is 0 Å². The highest BCUT2D eigenvalue weighted by atomic mass is 79.9. The van der Waals surface area contributed by atoms with E-state index in [4.69, 9.17) is 10.3 Å². The molecule has 0 spiro atoms. The fourth-order valence-corrected chi connectivity index (χ4v) is 2.43. The SMILES string of the molecule is CNCc1ccc(-c2cc(-c3nc(Br)cnc3N)on2)c(F)c1. The average Bonchev–Trinajstić information content (AvgIpc) is 2.99. The van der Waals surface area contributed by atoms with Crippen LogP contribution in [0.1, 0.15) is 5.56 Å². The summed E-state index contributed by atoms with van der Waals surface area (Å²) in [6, 6.07) is 6.55. The lowest BCUT2D eigenvalue weighted by molar-refractivity contribution is 0.433. The third-order valence-corrected chi connectivity index (χ3v) is 3.59. The number of hydrogen-bond acceptors (Lipinski definition) is 6. The zero-order valence-electron chi connectivity index (χ0n) is 12.2. The number of aromatic nitrogens is 3. The maximum absolute atomic E-state index is 14.2. The van der Waals surface area contributed by atoms with Gasteiger partial charge < -0.3 is 15.6 Å². The highest BCUT2D eigenvalue weighted by Crippen LogP contribution is 2.29. The summed E-state index contributed by atoms with van der Waals surface area (Å²) in [4.78, 5) is 8.19. The molecule has 2 heterocycles. The molecule has 0 fully saturated rings. The van der Waals surface area contributed by atoms with Gasteiger partial charge in [0.25, 0.3) is 0 Å². The second-order valence-corrected chi connectivity index (χ2v) is 5.66. The minimum Gasteiger partial charge on any atom is -0.382 e. The van der Waals surface area contributed by atoms with Crippen molar-refractivity contribution in [2.45, 2.75) is 6.54 Å². The largest absolute Gasteiger partial charge is 0.382 e. The summed E-state index contributed by atoms with van der Waals surface area (Å²) in [5.41, 5.74) is 7.71. The fourth-order valence-electron chi connectivity index (χ4n) is 2.15. The number of anilines is 1. The van der Waals surface area contributed by atoms with E-state index in [-0.39, 0.29) is 11.6 Å². The Morgan fingerprint density at radius 1 is 1.35 bits per heavy atom. The minimum absolute atomic E-state index is 0.209. The van der Waals surface area contributed by atoms with E-state index in [2.05, 4.69) is 36.4 Å². The van der Waals surface area contributed by atoms with E-state index in [0.29, 0.717) is 33.9 Å². The number of nitrogens with two attached hydrogens (primary N) is 1. The van der Waals surface area contributed by atoms with Gasteiger partial charge in [-0.1, -0.05) is 11.2 Å². The molecule has 23 heavy (non-hydrogen) atoms. The summed E-state index contributed by atoms with van der Waals surface area (Å²) in [6.07, 6.45) is 1.48. The van der Waals surface area contributed by atoms with Crippen LogP contribution in [0.4, 0.5) is 10.2 Å². The van der Waals surface area contributed by atoms with Crippen LogP contribution in [0.3, 0.4) is 0 Å². The minimum atomic E-state index is -0.370. The highest BCUT2D eigenvalue weighted by Gasteiger charge is 2.16.